The van der Waals surface area contributed by atoms with Crippen molar-refractivity contribution in [2.75, 3.05) is 40.0 Å². The van der Waals surface area contributed by atoms with E-state index >= 15 is 0 Å². The van der Waals surface area contributed by atoms with Crippen LogP contribution in [0.4, 0.5) is 0 Å². The maximum absolute atomic E-state index is 12.9. The van der Waals surface area contributed by atoms with Crippen molar-refractivity contribution >= 4 is 11.9 Å². The quantitative estimate of drug-likeness (QED) is 0.699. The number of aryl methyl sites for hydroxylation is 1. The Morgan fingerprint density at radius 1 is 1.24 bits per heavy atom. The highest BCUT2D eigenvalue weighted by atomic mass is 16.5. The summed E-state index contributed by atoms with van der Waals surface area (Å²) in [6, 6.07) is 10.2. The standard InChI is InChI=1S/C22H29N3O4/c1-4-17-19(22(27)28-3)15(2)20(24-17)21(26)23-14-18(16-8-6-5-7-9-16)25-10-12-29-13-11-25/h5-9,18,24H,4,10-14H2,1-3H3,(H,23,26). The zero-order chi connectivity index (χ0) is 20.8. The number of aromatic nitrogens is 1. The van der Waals surface area contributed by atoms with Crippen LogP contribution in [0.3, 0.4) is 0 Å². The molecule has 3 rings (SSSR count). The van der Waals surface area contributed by atoms with Crippen LogP contribution in [-0.4, -0.2) is 61.7 Å². The molecule has 2 aromatic rings. The molecule has 7 nitrogen and oxygen atoms in total. The summed E-state index contributed by atoms with van der Waals surface area (Å²) in [6.07, 6.45) is 0.610. The number of aromatic amines is 1. The Labute approximate surface area is 171 Å². The summed E-state index contributed by atoms with van der Waals surface area (Å²) in [7, 11) is 1.35. The van der Waals surface area contributed by atoms with Crippen LogP contribution in [0.15, 0.2) is 30.3 Å². The Bertz CT molecular complexity index is 841. The molecule has 0 saturated carbocycles. The summed E-state index contributed by atoms with van der Waals surface area (Å²) in [6.45, 7) is 7.20. The van der Waals surface area contributed by atoms with E-state index in [-0.39, 0.29) is 11.9 Å². The van der Waals surface area contributed by atoms with Crippen LogP contribution in [0.5, 0.6) is 0 Å². The minimum Gasteiger partial charge on any atom is -0.465 e. The number of carbonyl (C=O) groups is 2. The van der Waals surface area contributed by atoms with Crippen molar-refractivity contribution in [2.45, 2.75) is 26.3 Å². The molecule has 7 heteroatoms. The van der Waals surface area contributed by atoms with Gasteiger partial charge in [0.2, 0.25) is 0 Å². The van der Waals surface area contributed by atoms with Crippen LogP contribution in [-0.2, 0) is 15.9 Å². The predicted molar refractivity (Wildman–Crippen MR) is 110 cm³/mol. The van der Waals surface area contributed by atoms with Crippen LogP contribution >= 0.6 is 0 Å². The van der Waals surface area contributed by atoms with Gasteiger partial charge in [0.25, 0.3) is 5.91 Å². The molecule has 1 saturated heterocycles. The van der Waals surface area contributed by atoms with Crippen molar-refractivity contribution in [1.82, 2.24) is 15.2 Å². The second-order valence-corrected chi connectivity index (χ2v) is 7.11. The molecule has 1 atom stereocenters. The lowest BCUT2D eigenvalue weighted by atomic mass is 10.0. The third kappa shape index (κ3) is 4.68. The van der Waals surface area contributed by atoms with E-state index in [1.807, 2.05) is 25.1 Å². The number of methoxy groups -OCH3 is 1. The van der Waals surface area contributed by atoms with Gasteiger partial charge in [0, 0.05) is 25.3 Å². The molecule has 1 aliphatic rings. The molecule has 2 N–H and O–H groups in total. The lowest BCUT2D eigenvalue weighted by Crippen LogP contribution is -2.44. The van der Waals surface area contributed by atoms with Crippen molar-refractivity contribution < 1.29 is 19.1 Å². The topological polar surface area (TPSA) is 83.7 Å². The van der Waals surface area contributed by atoms with Gasteiger partial charge in [-0.25, -0.2) is 4.79 Å². The molecule has 1 aromatic heterocycles. The first-order valence-corrected chi connectivity index (χ1v) is 10.0. The van der Waals surface area contributed by atoms with E-state index < -0.39 is 5.97 Å². The summed E-state index contributed by atoms with van der Waals surface area (Å²) in [5.41, 5.74) is 3.35. The van der Waals surface area contributed by atoms with Gasteiger partial charge in [-0.2, -0.15) is 0 Å². The van der Waals surface area contributed by atoms with Gasteiger partial charge in [0.05, 0.1) is 31.9 Å². The zero-order valence-electron chi connectivity index (χ0n) is 17.3. The molecule has 1 aliphatic heterocycles. The number of amides is 1. The van der Waals surface area contributed by atoms with Gasteiger partial charge in [-0.3, -0.25) is 9.69 Å². The fourth-order valence-electron chi connectivity index (χ4n) is 3.83. The Morgan fingerprint density at radius 2 is 1.93 bits per heavy atom. The number of hydrogen-bond donors (Lipinski definition) is 2. The number of hydrogen-bond acceptors (Lipinski definition) is 5. The number of rotatable bonds is 7. The average Bonchev–Trinajstić information content (AvgIpc) is 3.11. The summed E-state index contributed by atoms with van der Waals surface area (Å²) in [4.78, 5) is 30.5. The number of nitrogens with zero attached hydrogens (tertiary/aromatic N) is 1. The van der Waals surface area contributed by atoms with Crippen LogP contribution in [0.25, 0.3) is 0 Å². The lowest BCUT2D eigenvalue weighted by molar-refractivity contribution is 0.0162. The highest BCUT2D eigenvalue weighted by Crippen LogP contribution is 2.23. The Hall–Kier alpha value is -2.64. The minimum atomic E-state index is -0.426. The molecule has 1 fully saturated rings. The summed E-state index contributed by atoms with van der Waals surface area (Å²) < 4.78 is 10.4. The highest BCUT2D eigenvalue weighted by molar-refractivity contribution is 6.00. The number of H-pyrrole nitrogens is 1. The molecule has 1 aromatic carbocycles. The molecule has 1 amide bonds. The first-order chi connectivity index (χ1) is 14.1. The van der Waals surface area contributed by atoms with Crippen molar-refractivity contribution in [3.05, 3.63) is 58.4 Å². The van der Waals surface area contributed by atoms with Crippen molar-refractivity contribution in [3.8, 4) is 0 Å². The van der Waals surface area contributed by atoms with Crippen LogP contribution in [0, 0.1) is 6.92 Å². The van der Waals surface area contributed by atoms with Gasteiger partial charge in [-0.1, -0.05) is 37.3 Å². The Balaban J connectivity index is 1.78. The van der Waals surface area contributed by atoms with E-state index in [0.29, 0.717) is 48.7 Å². The first kappa shape index (κ1) is 21.1. The van der Waals surface area contributed by atoms with Crippen molar-refractivity contribution in [2.24, 2.45) is 0 Å². The zero-order valence-corrected chi connectivity index (χ0v) is 17.3. The van der Waals surface area contributed by atoms with E-state index in [2.05, 4.69) is 27.3 Å². The maximum atomic E-state index is 12.9. The SMILES string of the molecule is CCc1[nH]c(C(=O)NCC(c2ccccc2)N2CCOCC2)c(C)c1C(=O)OC. The van der Waals surface area contributed by atoms with Gasteiger partial charge in [0.1, 0.15) is 5.69 Å². The number of ether oxygens (including phenoxy) is 2. The van der Waals surface area contributed by atoms with Gasteiger partial charge >= 0.3 is 5.97 Å². The second-order valence-electron chi connectivity index (χ2n) is 7.11. The number of carbonyl (C=O) groups excluding carboxylic acids is 2. The summed E-state index contributed by atoms with van der Waals surface area (Å²) in [5, 5.41) is 3.05. The fraction of sp³-hybridized carbons (Fsp3) is 0.455. The highest BCUT2D eigenvalue weighted by Gasteiger charge is 2.26. The molecule has 29 heavy (non-hydrogen) atoms. The van der Waals surface area contributed by atoms with E-state index in [0.717, 1.165) is 18.7 Å². The molecule has 2 heterocycles. The normalized spacial score (nSPS) is 15.7. The number of esters is 1. The van der Waals surface area contributed by atoms with Crippen LogP contribution in [0.1, 0.15) is 50.6 Å². The largest absolute Gasteiger partial charge is 0.465 e. The van der Waals surface area contributed by atoms with Crippen LogP contribution in [0.2, 0.25) is 0 Å². The maximum Gasteiger partial charge on any atom is 0.339 e. The third-order valence-corrected chi connectivity index (χ3v) is 5.42. The summed E-state index contributed by atoms with van der Waals surface area (Å²) in [5.74, 6) is -0.647. The molecule has 156 valence electrons. The van der Waals surface area contributed by atoms with Crippen molar-refractivity contribution in [3.63, 3.8) is 0 Å². The van der Waals surface area contributed by atoms with E-state index in [4.69, 9.17) is 9.47 Å². The first-order valence-electron chi connectivity index (χ1n) is 10.0. The van der Waals surface area contributed by atoms with E-state index in [1.165, 1.54) is 7.11 Å². The van der Waals surface area contributed by atoms with Crippen LogP contribution < -0.4 is 5.32 Å². The second kappa shape index (κ2) is 9.71. The Kier molecular flexibility index (Phi) is 7.06. The number of nitrogens with one attached hydrogen (secondary N) is 2. The predicted octanol–water partition coefficient (Wildman–Crippen LogP) is 2.48. The third-order valence-electron chi connectivity index (χ3n) is 5.42. The van der Waals surface area contributed by atoms with Gasteiger partial charge in [-0.15, -0.1) is 0 Å². The fourth-order valence-corrected chi connectivity index (χ4v) is 3.83. The number of benzene rings is 1. The number of morpholine rings is 1. The molecule has 1 unspecified atom stereocenters. The van der Waals surface area contributed by atoms with E-state index in [1.54, 1.807) is 6.92 Å². The van der Waals surface area contributed by atoms with Gasteiger partial charge in [0.15, 0.2) is 0 Å². The minimum absolute atomic E-state index is 0.0602. The molecule has 0 aliphatic carbocycles. The smallest absolute Gasteiger partial charge is 0.339 e. The van der Waals surface area contributed by atoms with Gasteiger partial charge < -0.3 is 19.8 Å². The monoisotopic (exact) mass is 399 g/mol. The van der Waals surface area contributed by atoms with E-state index in [9.17, 15) is 9.59 Å². The molecule has 0 spiro atoms. The molecule has 0 radical (unpaired) electrons. The molecule has 0 bridgehead atoms. The Morgan fingerprint density at radius 3 is 2.55 bits per heavy atom. The van der Waals surface area contributed by atoms with Crippen molar-refractivity contribution in [1.29, 1.82) is 0 Å². The molecular weight excluding hydrogens is 370 g/mol. The lowest BCUT2D eigenvalue weighted by Gasteiger charge is -2.34. The summed E-state index contributed by atoms with van der Waals surface area (Å²) >= 11 is 0. The molecular formula is C22H29N3O4. The van der Waals surface area contributed by atoms with Gasteiger partial charge in [-0.05, 0) is 24.5 Å². The average molecular weight is 399 g/mol.